The lowest BCUT2D eigenvalue weighted by molar-refractivity contribution is 0.0600. The predicted molar refractivity (Wildman–Crippen MR) is 81.9 cm³/mol. The van der Waals surface area contributed by atoms with Crippen LogP contribution in [0.2, 0.25) is 0 Å². The minimum Gasteiger partial charge on any atom is -0.465 e. The summed E-state index contributed by atoms with van der Waals surface area (Å²) in [7, 11) is 1.40. The SMILES string of the molecule is CCN(CC)CCCNCc1ccc(C(=O)OC)cc1. The second-order valence-corrected chi connectivity index (χ2v) is 4.75. The maximum Gasteiger partial charge on any atom is 0.337 e. The summed E-state index contributed by atoms with van der Waals surface area (Å²) in [5, 5.41) is 3.43. The number of ether oxygens (including phenoxy) is 1. The van der Waals surface area contributed by atoms with Crippen LogP contribution in [-0.2, 0) is 11.3 Å². The number of carbonyl (C=O) groups is 1. The molecular weight excluding hydrogens is 252 g/mol. The highest BCUT2D eigenvalue weighted by Gasteiger charge is 2.04. The van der Waals surface area contributed by atoms with Crippen molar-refractivity contribution in [3.8, 4) is 0 Å². The number of benzene rings is 1. The van der Waals surface area contributed by atoms with E-state index in [0.29, 0.717) is 5.56 Å². The van der Waals surface area contributed by atoms with Gasteiger partial charge in [0.05, 0.1) is 12.7 Å². The highest BCUT2D eigenvalue weighted by Crippen LogP contribution is 2.05. The summed E-state index contributed by atoms with van der Waals surface area (Å²) < 4.78 is 4.67. The minimum absolute atomic E-state index is 0.288. The molecule has 0 radical (unpaired) electrons. The van der Waals surface area contributed by atoms with Crippen LogP contribution in [0, 0.1) is 0 Å². The third-order valence-corrected chi connectivity index (χ3v) is 3.43. The number of carbonyl (C=O) groups excluding carboxylic acids is 1. The molecule has 20 heavy (non-hydrogen) atoms. The van der Waals surface area contributed by atoms with Crippen molar-refractivity contribution in [3.05, 3.63) is 35.4 Å². The molecule has 0 aliphatic carbocycles. The van der Waals surface area contributed by atoms with E-state index in [-0.39, 0.29) is 5.97 Å². The lowest BCUT2D eigenvalue weighted by Crippen LogP contribution is -2.27. The molecule has 0 bridgehead atoms. The van der Waals surface area contributed by atoms with E-state index in [9.17, 15) is 4.79 Å². The maximum atomic E-state index is 11.3. The molecule has 0 aliphatic heterocycles. The van der Waals surface area contributed by atoms with Crippen molar-refractivity contribution in [1.29, 1.82) is 0 Å². The van der Waals surface area contributed by atoms with Crippen LogP contribution in [-0.4, -0.2) is 44.2 Å². The molecule has 0 fully saturated rings. The smallest absolute Gasteiger partial charge is 0.337 e. The van der Waals surface area contributed by atoms with Crippen molar-refractivity contribution in [1.82, 2.24) is 10.2 Å². The molecular formula is C16H26N2O2. The van der Waals surface area contributed by atoms with E-state index in [1.165, 1.54) is 12.7 Å². The van der Waals surface area contributed by atoms with Crippen LogP contribution in [0.3, 0.4) is 0 Å². The molecule has 0 unspecified atom stereocenters. The van der Waals surface area contributed by atoms with Crippen LogP contribution >= 0.6 is 0 Å². The van der Waals surface area contributed by atoms with Gasteiger partial charge in [-0.3, -0.25) is 0 Å². The van der Waals surface area contributed by atoms with E-state index < -0.39 is 0 Å². The summed E-state index contributed by atoms with van der Waals surface area (Å²) in [6.45, 7) is 9.60. The van der Waals surface area contributed by atoms with Gasteiger partial charge in [-0.15, -0.1) is 0 Å². The molecule has 1 rings (SSSR count). The van der Waals surface area contributed by atoms with E-state index in [0.717, 1.165) is 39.1 Å². The van der Waals surface area contributed by atoms with Crippen LogP contribution in [0.5, 0.6) is 0 Å². The first kappa shape index (κ1) is 16.7. The lowest BCUT2D eigenvalue weighted by atomic mass is 10.1. The number of esters is 1. The molecule has 0 saturated carbocycles. The van der Waals surface area contributed by atoms with Crippen molar-refractivity contribution in [2.45, 2.75) is 26.8 Å². The van der Waals surface area contributed by atoms with E-state index in [1.54, 1.807) is 12.1 Å². The van der Waals surface area contributed by atoms with Crippen LogP contribution in [0.15, 0.2) is 24.3 Å². The quantitative estimate of drug-likeness (QED) is 0.556. The average Bonchev–Trinajstić information content (AvgIpc) is 2.50. The van der Waals surface area contributed by atoms with E-state index >= 15 is 0 Å². The molecule has 4 heteroatoms. The fourth-order valence-electron chi connectivity index (χ4n) is 2.08. The van der Waals surface area contributed by atoms with E-state index in [4.69, 9.17) is 0 Å². The fraction of sp³-hybridized carbons (Fsp3) is 0.562. The van der Waals surface area contributed by atoms with E-state index in [2.05, 4.69) is 28.8 Å². The topological polar surface area (TPSA) is 41.6 Å². The summed E-state index contributed by atoms with van der Waals surface area (Å²) in [6, 6.07) is 7.53. The molecule has 1 aromatic rings. The molecule has 112 valence electrons. The van der Waals surface area contributed by atoms with Gasteiger partial charge in [-0.05, 0) is 50.3 Å². The summed E-state index contributed by atoms with van der Waals surface area (Å²) in [5.74, 6) is -0.288. The predicted octanol–water partition coefficient (Wildman–Crippen LogP) is 2.29. The Morgan fingerprint density at radius 2 is 1.85 bits per heavy atom. The number of nitrogens with one attached hydrogen (secondary N) is 1. The van der Waals surface area contributed by atoms with Gasteiger partial charge in [0.2, 0.25) is 0 Å². The number of hydrogen-bond donors (Lipinski definition) is 1. The molecule has 0 aromatic heterocycles. The summed E-state index contributed by atoms with van der Waals surface area (Å²) in [5.41, 5.74) is 1.78. The zero-order valence-corrected chi connectivity index (χ0v) is 12.8. The monoisotopic (exact) mass is 278 g/mol. The molecule has 0 aliphatic rings. The summed E-state index contributed by atoms with van der Waals surface area (Å²) >= 11 is 0. The van der Waals surface area contributed by atoms with Crippen LogP contribution in [0.25, 0.3) is 0 Å². The van der Waals surface area contributed by atoms with Crippen molar-refractivity contribution in [2.24, 2.45) is 0 Å². The van der Waals surface area contributed by atoms with Crippen molar-refractivity contribution in [3.63, 3.8) is 0 Å². The van der Waals surface area contributed by atoms with Gasteiger partial charge < -0.3 is 15.0 Å². The number of rotatable bonds is 9. The van der Waals surface area contributed by atoms with E-state index in [1.807, 2.05) is 12.1 Å². The zero-order chi connectivity index (χ0) is 14.8. The Hall–Kier alpha value is -1.39. The Bertz CT molecular complexity index is 386. The van der Waals surface area contributed by atoms with Crippen LogP contribution in [0.1, 0.15) is 36.2 Å². The first-order valence-electron chi connectivity index (χ1n) is 7.31. The Balaban J connectivity index is 2.24. The second kappa shape index (κ2) is 9.50. The number of methoxy groups -OCH3 is 1. The summed E-state index contributed by atoms with van der Waals surface area (Å²) in [6.07, 6.45) is 1.15. The van der Waals surface area contributed by atoms with Gasteiger partial charge in [0.15, 0.2) is 0 Å². The third-order valence-electron chi connectivity index (χ3n) is 3.43. The molecule has 4 nitrogen and oxygen atoms in total. The number of hydrogen-bond acceptors (Lipinski definition) is 4. The van der Waals surface area contributed by atoms with Gasteiger partial charge in [-0.25, -0.2) is 4.79 Å². The standard InChI is InChI=1S/C16H26N2O2/c1-4-18(5-2)12-6-11-17-13-14-7-9-15(10-8-14)16(19)20-3/h7-10,17H,4-6,11-13H2,1-3H3. The molecule has 1 N–H and O–H groups in total. The van der Waals surface area contributed by atoms with Gasteiger partial charge in [0, 0.05) is 6.54 Å². The number of nitrogens with zero attached hydrogens (tertiary/aromatic N) is 1. The average molecular weight is 278 g/mol. The Kier molecular flexibility index (Phi) is 7.92. The third kappa shape index (κ3) is 5.72. The highest BCUT2D eigenvalue weighted by molar-refractivity contribution is 5.89. The molecule has 0 saturated heterocycles. The second-order valence-electron chi connectivity index (χ2n) is 4.75. The molecule has 0 amide bonds. The lowest BCUT2D eigenvalue weighted by Gasteiger charge is -2.17. The largest absolute Gasteiger partial charge is 0.465 e. The highest BCUT2D eigenvalue weighted by atomic mass is 16.5. The van der Waals surface area contributed by atoms with Crippen molar-refractivity contribution in [2.75, 3.05) is 33.3 Å². The minimum atomic E-state index is -0.288. The Labute approximate surface area is 122 Å². The maximum absolute atomic E-state index is 11.3. The fourth-order valence-corrected chi connectivity index (χ4v) is 2.08. The van der Waals surface area contributed by atoms with Gasteiger partial charge in [0.1, 0.15) is 0 Å². The van der Waals surface area contributed by atoms with Gasteiger partial charge in [-0.2, -0.15) is 0 Å². The van der Waals surface area contributed by atoms with Crippen molar-refractivity contribution >= 4 is 5.97 Å². The van der Waals surface area contributed by atoms with Gasteiger partial charge in [0.25, 0.3) is 0 Å². The normalized spacial score (nSPS) is 10.8. The molecule has 0 atom stereocenters. The van der Waals surface area contributed by atoms with Crippen LogP contribution in [0.4, 0.5) is 0 Å². The zero-order valence-electron chi connectivity index (χ0n) is 12.8. The van der Waals surface area contributed by atoms with Crippen LogP contribution < -0.4 is 5.32 Å². The van der Waals surface area contributed by atoms with Crippen molar-refractivity contribution < 1.29 is 9.53 Å². The molecule has 0 spiro atoms. The Morgan fingerprint density at radius 1 is 1.20 bits per heavy atom. The summed E-state index contributed by atoms with van der Waals surface area (Å²) in [4.78, 5) is 13.7. The Morgan fingerprint density at radius 3 is 2.40 bits per heavy atom. The first-order valence-corrected chi connectivity index (χ1v) is 7.31. The first-order chi connectivity index (χ1) is 9.71. The van der Waals surface area contributed by atoms with Gasteiger partial charge in [-0.1, -0.05) is 26.0 Å². The van der Waals surface area contributed by atoms with Gasteiger partial charge >= 0.3 is 5.97 Å². The molecule has 0 heterocycles. The molecule has 1 aromatic carbocycles.